The van der Waals surface area contributed by atoms with E-state index in [0.717, 1.165) is 19.6 Å². The van der Waals surface area contributed by atoms with Gasteiger partial charge in [-0.2, -0.15) is 0 Å². The number of hydrogen-bond acceptors (Lipinski definition) is 0. The van der Waals surface area contributed by atoms with Gasteiger partial charge in [0.2, 0.25) is 0 Å². The zero-order chi connectivity index (χ0) is 43.0. The lowest BCUT2D eigenvalue weighted by Gasteiger charge is -2.11. The fraction of sp³-hybridized carbons (Fsp3) is 0.400. The summed E-state index contributed by atoms with van der Waals surface area (Å²) in [4.78, 5) is 0. The van der Waals surface area contributed by atoms with Gasteiger partial charge in [-0.3, -0.25) is 0 Å². The van der Waals surface area contributed by atoms with E-state index in [1.807, 2.05) is 0 Å². The lowest BCUT2D eigenvalue weighted by Crippen LogP contribution is -1.99. The number of aryl methyl sites for hydroxylation is 3. The van der Waals surface area contributed by atoms with Crippen LogP contribution in [0, 0.1) is 0 Å². The maximum absolute atomic E-state index is 2.67. The minimum Gasteiger partial charge on any atom is -0.340 e. The highest BCUT2D eigenvalue weighted by Crippen LogP contribution is 2.39. The molecule has 3 nitrogen and oxygen atoms in total. The predicted molar refractivity (Wildman–Crippen MR) is 276 cm³/mol. The van der Waals surface area contributed by atoms with Gasteiger partial charge in [0.15, 0.2) is 0 Å². The fourth-order valence-electron chi connectivity index (χ4n) is 10.8. The zero-order valence-electron chi connectivity index (χ0n) is 38.7. The lowest BCUT2D eigenvalue weighted by molar-refractivity contribution is 0.571. The van der Waals surface area contributed by atoms with E-state index in [-0.39, 0.29) is 0 Å². The quantitative estimate of drug-likeness (QED) is 0.0570. The van der Waals surface area contributed by atoms with Crippen LogP contribution < -0.4 is 0 Å². The largest absolute Gasteiger partial charge is 0.340 e. The fourth-order valence-corrected chi connectivity index (χ4v) is 10.8. The van der Waals surface area contributed by atoms with Gasteiger partial charge in [-0.1, -0.05) is 202 Å². The SMILES string of the molecule is CCCCCCCCn1c2ccccc2c2ccc(-c3ccc4c5ccc(-c6ccc7c8ccccc8n(CCCCCCCC)c7c6)cc5n(CCCCCCCC)c4c3)cc21. The van der Waals surface area contributed by atoms with Crippen molar-refractivity contribution in [3.05, 3.63) is 121 Å². The van der Waals surface area contributed by atoms with Crippen molar-refractivity contribution in [2.24, 2.45) is 0 Å². The first-order valence-electron chi connectivity index (χ1n) is 25.3. The second kappa shape index (κ2) is 20.5. The molecule has 3 heterocycles. The minimum absolute atomic E-state index is 1.04. The van der Waals surface area contributed by atoms with E-state index in [2.05, 4.69) is 156 Å². The van der Waals surface area contributed by atoms with E-state index in [0.29, 0.717) is 0 Å². The number of hydrogen-bond donors (Lipinski definition) is 0. The van der Waals surface area contributed by atoms with Crippen LogP contribution in [0.15, 0.2) is 121 Å². The van der Waals surface area contributed by atoms with Gasteiger partial charge < -0.3 is 13.7 Å². The van der Waals surface area contributed by atoms with Gasteiger partial charge in [0, 0.05) is 85.1 Å². The Hall–Kier alpha value is -5.28. The molecule has 3 heteroatoms. The molecule has 0 N–H and O–H groups in total. The van der Waals surface area contributed by atoms with Crippen LogP contribution in [0.25, 0.3) is 87.7 Å². The highest BCUT2D eigenvalue weighted by molar-refractivity contribution is 6.12. The monoisotopic (exact) mass is 834 g/mol. The van der Waals surface area contributed by atoms with Crippen LogP contribution in [0.3, 0.4) is 0 Å². The third-order valence-electron chi connectivity index (χ3n) is 14.3. The van der Waals surface area contributed by atoms with Gasteiger partial charge in [-0.25, -0.2) is 0 Å². The Morgan fingerprint density at radius 2 is 0.508 bits per heavy atom. The molecule has 0 spiro atoms. The molecule has 0 saturated heterocycles. The third-order valence-corrected chi connectivity index (χ3v) is 14.3. The summed E-state index contributed by atoms with van der Waals surface area (Å²) in [5, 5.41) is 8.19. The van der Waals surface area contributed by atoms with Crippen LogP contribution in [-0.4, -0.2) is 13.7 Å². The third kappa shape index (κ3) is 9.09. The molecule has 0 atom stereocenters. The summed E-state index contributed by atoms with van der Waals surface area (Å²) in [7, 11) is 0. The molecule has 0 aliphatic heterocycles. The van der Waals surface area contributed by atoms with E-state index < -0.39 is 0 Å². The molecule has 0 aliphatic carbocycles. The summed E-state index contributed by atoms with van der Waals surface area (Å²) in [5.41, 5.74) is 13.4. The summed E-state index contributed by atoms with van der Waals surface area (Å²) in [6.07, 6.45) is 23.5. The van der Waals surface area contributed by atoms with E-state index >= 15 is 0 Å². The number of unbranched alkanes of at least 4 members (excludes halogenated alkanes) is 15. The molecule has 0 amide bonds. The van der Waals surface area contributed by atoms with Crippen LogP contribution in [0.4, 0.5) is 0 Å². The van der Waals surface area contributed by atoms with Gasteiger partial charge in [0.05, 0.1) is 0 Å². The molecule has 63 heavy (non-hydrogen) atoms. The van der Waals surface area contributed by atoms with E-state index in [9.17, 15) is 0 Å². The van der Waals surface area contributed by atoms with Crippen molar-refractivity contribution in [2.45, 2.75) is 156 Å². The highest BCUT2D eigenvalue weighted by Gasteiger charge is 2.17. The molecule has 0 fully saturated rings. The van der Waals surface area contributed by atoms with Gasteiger partial charge >= 0.3 is 0 Å². The van der Waals surface area contributed by atoms with Crippen molar-refractivity contribution in [3.63, 3.8) is 0 Å². The standard InChI is InChI=1S/C60H71N3/c1-4-7-10-13-16-23-38-61-55-28-21-19-26-49(55)51-34-30-45(41-57(51)61)47-32-36-53-54-37-33-48(44-60(54)63(59(53)43-47)40-25-18-15-12-9-6-3)46-31-35-52-50-27-20-22-29-56(50)62(58(52)42-46)39-24-17-14-11-8-5-2/h19-22,26-37,41-44H,4-18,23-25,38-40H2,1-3H3. The Morgan fingerprint density at radius 3 is 0.825 bits per heavy atom. The number of benzene rings is 6. The van der Waals surface area contributed by atoms with Gasteiger partial charge in [0.25, 0.3) is 0 Å². The highest BCUT2D eigenvalue weighted by atomic mass is 15.0. The van der Waals surface area contributed by atoms with Crippen molar-refractivity contribution < 1.29 is 0 Å². The van der Waals surface area contributed by atoms with Crippen molar-refractivity contribution in [3.8, 4) is 22.3 Å². The first-order valence-corrected chi connectivity index (χ1v) is 25.3. The van der Waals surface area contributed by atoms with Crippen molar-refractivity contribution >= 4 is 65.4 Å². The van der Waals surface area contributed by atoms with E-state index in [4.69, 9.17) is 0 Å². The smallest absolute Gasteiger partial charge is 0.0497 e. The molecule has 0 unspecified atom stereocenters. The second-order valence-corrected chi connectivity index (χ2v) is 18.7. The van der Waals surface area contributed by atoms with E-state index in [1.165, 1.54) is 203 Å². The number of fused-ring (bicyclic) bond motifs is 9. The first kappa shape index (κ1) is 43.0. The van der Waals surface area contributed by atoms with Crippen molar-refractivity contribution in [2.75, 3.05) is 0 Å². The number of aromatic nitrogens is 3. The summed E-state index contributed by atoms with van der Waals surface area (Å²) in [5.74, 6) is 0. The van der Waals surface area contributed by atoms with Crippen molar-refractivity contribution in [1.29, 1.82) is 0 Å². The number of para-hydroxylation sites is 2. The van der Waals surface area contributed by atoms with Crippen LogP contribution in [-0.2, 0) is 19.6 Å². The van der Waals surface area contributed by atoms with Gasteiger partial charge in [-0.05, 0) is 77.9 Å². The molecular weight excluding hydrogens is 763 g/mol. The van der Waals surface area contributed by atoms with Crippen LogP contribution in [0.5, 0.6) is 0 Å². The summed E-state index contributed by atoms with van der Waals surface area (Å²) in [6, 6.07) is 47.1. The minimum atomic E-state index is 1.04. The second-order valence-electron chi connectivity index (χ2n) is 18.7. The van der Waals surface area contributed by atoms with Gasteiger partial charge in [0.1, 0.15) is 0 Å². The van der Waals surface area contributed by atoms with Crippen LogP contribution >= 0.6 is 0 Å². The summed E-state index contributed by atoms with van der Waals surface area (Å²) in [6.45, 7) is 10.1. The molecule has 0 aliphatic rings. The maximum atomic E-state index is 2.67. The summed E-state index contributed by atoms with van der Waals surface area (Å²) >= 11 is 0. The van der Waals surface area contributed by atoms with Gasteiger partial charge in [-0.15, -0.1) is 0 Å². The lowest BCUT2D eigenvalue weighted by atomic mass is 10.00. The van der Waals surface area contributed by atoms with Crippen LogP contribution in [0.2, 0.25) is 0 Å². The summed E-state index contributed by atoms with van der Waals surface area (Å²) < 4.78 is 7.88. The first-order chi connectivity index (χ1) is 31.2. The topological polar surface area (TPSA) is 14.8 Å². The Kier molecular flexibility index (Phi) is 14.0. The zero-order valence-corrected chi connectivity index (χ0v) is 38.7. The molecule has 9 aromatic rings. The normalized spacial score (nSPS) is 12.1. The Bertz CT molecular complexity index is 2740. The molecule has 6 aromatic carbocycles. The average Bonchev–Trinajstić information content (AvgIpc) is 3.93. The molecule has 326 valence electrons. The molecule has 9 rings (SSSR count). The Labute approximate surface area is 377 Å². The molecule has 0 bridgehead atoms. The molecule has 0 radical (unpaired) electrons. The molecular formula is C60H71N3. The Balaban J connectivity index is 1.08. The molecule has 3 aromatic heterocycles. The average molecular weight is 834 g/mol. The van der Waals surface area contributed by atoms with Crippen molar-refractivity contribution in [1.82, 2.24) is 13.7 Å². The van der Waals surface area contributed by atoms with E-state index in [1.54, 1.807) is 0 Å². The number of nitrogens with zero attached hydrogens (tertiary/aromatic N) is 3. The predicted octanol–water partition coefficient (Wildman–Crippen LogP) is 18.4. The maximum Gasteiger partial charge on any atom is 0.0497 e. The van der Waals surface area contributed by atoms with Crippen LogP contribution in [0.1, 0.15) is 136 Å². The number of rotatable bonds is 23. The molecule has 0 saturated carbocycles. The Morgan fingerprint density at radius 1 is 0.254 bits per heavy atom.